The number of amides is 1. The third-order valence-corrected chi connectivity index (χ3v) is 6.92. The van der Waals surface area contributed by atoms with E-state index < -0.39 is 0 Å². The maximum atomic E-state index is 13.2. The molecule has 0 N–H and O–H groups in total. The predicted octanol–water partition coefficient (Wildman–Crippen LogP) is 5.37. The first-order valence-electron chi connectivity index (χ1n) is 9.71. The molecule has 0 saturated carbocycles. The highest BCUT2D eigenvalue weighted by Gasteiger charge is 2.20. The van der Waals surface area contributed by atoms with Gasteiger partial charge in [0.25, 0.3) is 0 Å². The minimum Gasteiger partial charge on any atom is -0.497 e. The molecule has 0 aliphatic rings. The van der Waals surface area contributed by atoms with Crippen LogP contribution in [-0.4, -0.2) is 39.8 Å². The van der Waals surface area contributed by atoms with Gasteiger partial charge in [-0.3, -0.25) is 9.69 Å². The third kappa shape index (κ3) is 5.58. The number of aryl methyl sites for hydroxylation is 1. The van der Waals surface area contributed by atoms with Gasteiger partial charge >= 0.3 is 0 Å². The Morgan fingerprint density at radius 2 is 2.10 bits per heavy atom. The van der Waals surface area contributed by atoms with Crippen LogP contribution in [0.3, 0.4) is 0 Å². The summed E-state index contributed by atoms with van der Waals surface area (Å²) in [6.45, 7) is 1.36. The molecule has 0 unspecified atom stereocenters. The van der Waals surface area contributed by atoms with E-state index in [1.165, 1.54) is 23.1 Å². The van der Waals surface area contributed by atoms with Crippen LogP contribution in [0.15, 0.2) is 66.1 Å². The quantitative estimate of drug-likeness (QED) is 0.306. The molecular formula is C22H21ClN4O2S2. The van der Waals surface area contributed by atoms with Crippen molar-refractivity contribution in [3.8, 4) is 5.75 Å². The molecule has 0 aliphatic carbocycles. The van der Waals surface area contributed by atoms with Crippen molar-refractivity contribution in [2.75, 3.05) is 24.3 Å². The standard InChI is InChI=1S/C22H21ClN4O2S2/c1-29-17-4-6-18(7-5-17)30-14-21(28)27(11-2-10-26-12-9-24-15-26)22-25-19-8-3-16(23)13-20(19)31-22/h3-9,12-13,15H,2,10-11,14H2,1H3. The van der Waals surface area contributed by atoms with Crippen molar-refractivity contribution in [3.05, 3.63) is 66.2 Å². The first-order valence-corrected chi connectivity index (χ1v) is 11.9. The highest BCUT2D eigenvalue weighted by atomic mass is 35.5. The monoisotopic (exact) mass is 472 g/mol. The van der Waals surface area contributed by atoms with Crippen LogP contribution in [0.4, 0.5) is 5.13 Å². The number of nitrogens with zero attached hydrogens (tertiary/aromatic N) is 4. The van der Waals surface area contributed by atoms with Crippen molar-refractivity contribution < 1.29 is 9.53 Å². The molecular weight excluding hydrogens is 452 g/mol. The normalized spacial score (nSPS) is 11.0. The number of thiazole rings is 1. The number of ether oxygens (including phenoxy) is 1. The van der Waals surface area contributed by atoms with E-state index in [-0.39, 0.29) is 5.91 Å². The lowest BCUT2D eigenvalue weighted by Gasteiger charge is -2.20. The lowest BCUT2D eigenvalue weighted by atomic mass is 10.3. The van der Waals surface area contributed by atoms with Gasteiger partial charge < -0.3 is 9.30 Å². The third-order valence-electron chi connectivity index (χ3n) is 4.65. The largest absolute Gasteiger partial charge is 0.497 e. The van der Waals surface area contributed by atoms with Crippen molar-refractivity contribution in [2.24, 2.45) is 0 Å². The molecule has 0 saturated heterocycles. The van der Waals surface area contributed by atoms with Crippen molar-refractivity contribution >= 4 is 56.0 Å². The summed E-state index contributed by atoms with van der Waals surface area (Å²) in [6.07, 6.45) is 6.26. The zero-order valence-electron chi connectivity index (χ0n) is 16.9. The molecule has 0 bridgehead atoms. The molecule has 0 aliphatic heterocycles. The number of thioether (sulfide) groups is 1. The minimum atomic E-state index is 0.0246. The van der Waals surface area contributed by atoms with Gasteiger partial charge in [-0.2, -0.15) is 0 Å². The summed E-state index contributed by atoms with van der Waals surface area (Å²) in [5.74, 6) is 1.15. The number of methoxy groups -OCH3 is 1. The topological polar surface area (TPSA) is 60.2 Å². The van der Waals surface area contributed by atoms with Crippen LogP contribution in [-0.2, 0) is 11.3 Å². The van der Waals surface area contributed by atoms with Gasteiger partial charge in [0.15, 0.2) is 5.13 Å². The van der Waals surface area contributed by atoms with Crippen LogP contribution in [0.5, 0.6) is 5.75 Å². The van der Waals surface area contributed by atoms with Crippen LogP contribution in [0.25, 0.3) is 10.2 Å². The van der Waals surface area contributed by atoms with Crippen LogP contribution < -0.4 is 9.64 Å². The number of benzene rings is 2. The number of halogens is 1. The Kier molecular flexibility index (Phi) is 7.11. The number of anilines is 1. The van der Waals surface area contributed by atoms with Crippen LogP contribution in [0.2, 0.25) is 5.02 Å². The van der Waals surface area contributed by atoms with E-state index in [2.05, 4.69) is 9.97 Å². The summed E-state index contributed by atoms with van der Waals surface area (Å²) in [5.41, 5.74) is 0.847. The molecule has 0 radical (unpaired) electrons. The molecule has 6 nitrogen and oxygen atoms in total. The van der Waals surface area contributed by atoms with Gasteiger partial charge in [0, 0.05) is 35.4 Å². The molecule has 160 valence electrons. The Labute approximate surface area is 193 Å². The molecule has 0 spiro atoms. The summed E-state index contributed by atoms with van der Waals surface area (Å²) in [5, 5.41) is 1.36. The van der Waals surface area contributed by atoms with Crippen molar-refractivity contribution in [1.29, 1.82) is 0 Å². The van der Waals surface area contributed by atoms with Gasteiger partial charge in [0.1, 0.15) is 5.75 Å². The van der Waals surface area contributed by atoms with Crippen molar-refractivity contribution in [3.63, 3.8) is 0 Å². The summed E-state index contributed by atoms with van der Waals surface area (Å²) < 4.78 is 8.17. The average Bonchev–Trinajstić information content (AvgIpc) is 3.44. The summed E-state index contributed by atoms with van der Waals surface area (Å²) in [6, 6.07) is 13.3. The average molecular weight is 473 g/mol. The first kappa shape index (κ1) is 21.7. The smallest absolute Gasteiger partial charge is 0.239 e. The predicted molar refractivity (Wildman–Crippen MR) is 128 cm³/mol. The maximum Gasteiger partial charge on any atom is 0.239 e. The highest BCUT2D eigenvalue weighted by Crippen LogP contribution is 2.32. The Morgan fingerprint density at radius 3 is 2.84 bits per heavy atom. The van der Waals surface area contributed by atoms with E-state index in [1.807, 2.05) is 53.2 Å². The number of hydrogen-bond acceptors (Lipinski definition) is 6. The summed E-state index contributed by atoms with van der Waals surface area (Å²) >= 11 is 9.12. The van der Waals surface area contributed by atoms with E-state index in [9.17, 15) is 4.79 Å². The zero-order valence-corrected chi connectivity index (χ0v) is 19.3. The lowest BCUT2D eigenvalue weighted by Crippen LogP contribution is -2.33. The summed E-state index contributed by atoms with van der Waals surface area (Å²) in [4.78, 5) is 24.7. The Bertz CT molecular complexity index is 1150. The molecule has 2 aromatic heterocycles. The highest BCUT2D eigenvalue weighted by molar-refractivity contribution is 8.00. The van der Waals surface area contributed by atoms with E-state index >= 15 is 0 Å². The molecule has 1 amide bonds. The number of fused-ring (bicyclic) bond motifs is 1. The molecule has 31 heavy (non-hydrogen) atoms. The van der Waals surface area contributed by atoms with Gasteiger partial charge in [-0.25, -0.2) is 9.97 Å². The van der Waals surface area contributed by atoms with E-state index in [4.69, 9.17) is 16.3 Å². The number of rotatable bonds is 9. The van der Waals surface area contributed by atoms with Crippen molar-refractivity contribution in [2.45, 2.75) is 17.9 Å². The number of hydrogen-bond donors (Lipinski definition) is 0. The SMILES string of the molecule is COc1ccc(SCC(=O)N(CCCn2ccnc2)c2nc3ccc(Cl)cc3s2)cc1. The Balaban J connectivity index is 1.48. The summed E-state index contributed by atoms with van der Waals surface area (Å²) in [7, 11) is 1.64. The number of carbonyl (C=O) groups is 1. The molecule has 9 heteroatoms. The van der Waals surface area contributed by atoms with Gasteiger partial charge in [0.2, 0.25) is 5.91 Å². The van der Waals surface area contributed by atoms with E-state index in [0.717, 1.165) is 33.8 Å². The molecule has 0 fully saturated rings. The minimum absolute atomic E-state index is 0.0246. The fourth-order valence-electron chi connectivity index (χ4n) is 3.05. The lowest BCUT2D eigenvalue weighted by molar-refractivity contribution is -0.116. The van der Waals surface area contributed by atoms with Crippen LogP contribution >= 0.6 is 34.7 Å². The molecule has 4 aromatic rings. The van der Waals surface area contributed by atoms with E-state index in [0.29, 0.717) is 22.5 Å². The number of imidazole rings is 1. The van der Waals surface area contributed by atoms with Crippen molar-refractivity contribution in [1.82, 2.24) is 14.5 Å². The second-order valence-corrected chi connectivity index (χ2v) is 9.27. The van der Waals surface area contributed by atoms with E-state index in [1.54, 1.807) is 24.5 Å². The number of aromatic nitrogens is 3. The first-order chi connectivity index (χ1) is 15.1. The molecule has 2 heterocycles. The number of carbonyl (C=O) groups excluding carboxylic acids is 1. The van der Waals surface area contributed by atoms with Crippen LogP contribution in [0, 0.1) is 0 Å². The fourth-order valence-corrected chi connectivity index (χ4v) is 5.11. The zero-order chi connectivity index (χ0) is 21.6. The second kappa shape index (κ2) is 10.2. The maximum absolute atomic E-state index is 13.2. The second-order valence-electron chi connectivity index (χ2n) is 6.77. The Hall–Kier alpha value is -2.55. The van der Waals surface area contributed by atoms with Gasteiger partial charge in [0.05, 0.1) is 29.4 Å². The fraction of sp³-hybridized carbons (Fsp3) is 0.227. The van der Waals surface area contributed by atoms with Gasteiger partial charge in [-0.15, -0.1) is 11.8 Å². The van der Waals surface area contributed by atoms with Crippen LogP contribution in [0.1, 0.15) is 6.42 Å². The Morgan fingerprint density at radius 1 is 1.26 bits per heavy atom. The molecule has 0 atom stereocenters. The molecule has 4 rings (SSSR count). The van der Waals surface area contributed by atoms with Gasteiger partial charge in [-0.05, 0) is 48.9 Å². The molecule has 2 aromatic carbocycles. The van der Waals surface area contributed by atoms with Gasteiger partial charge in [-0.1, -0.05) is 22.9 Å².